The molecule has 0 bridgehead atoms. The third-order valence-electron chi connectivity index (χ3n) is 2.84. The second kappa shape index (κ2) is 6.66. The Morgan fingerprint density at radius 2 is 2.33 bits per heavy atom. The van der Waals surface area contributed by atoms with Crippen molar-refractivity contribution >= 4 is 17.7 Å². The average molecular weight is 272 g/mol. The van der Waals surface area contributed by atoms with Crippen LogP contribution in [-0.2, 0) is 9.63 Å². The van der Waals surface area contributed by atoms with Gasteiger partial charge >= 0.3 is 5.97 Å². The van der Waals surface area contributed by atoms with Crippen molar-refractivity contribution in [3.05, 3.63) is 0 Å². The van der Waals surface area contributed by atoms with E-state index in [0.29, 0.717) is 11.8 Å². The van der Waals surface area contributed by atoms with Crippen molar-refractivity contribution < 1.29 is 9.63 Å². The van der Waals surface area contributed by atoms with Gasteiger partial charge in [0.25, 0.3) is 0 Å². The average Bonchev–Trinajstić information content (AvgIpc) is 2.98. The summed E-state index contributed by atoms with van der Waals surface area (Å²) < 4.78 is 1.87. The van der Waals surface area contributed by atoms with E-state index in [-0.39, 0.29) is 6.42 Å². The van der Waals surface area contributed by atoms with Gasteiger partial charge in [-0.05, 0) is 23.3 Å². The predicted molar refractivity (Wildman–Crippen MR) is 64.1 cm³/mol. The second-order valence-corrected chi connectivity index (χ2v) is 5.10. The van der Waals surface area contributed by atoms with Crippen LogP contribution in [0.3, 0.4) is 0 Å². The van der Waals surface area contributed by atoms with Crippen LogP contribution >= 0.6 is 11.8 Å². The number of hydrogen-bond donors (Lipinski definition) is 2. The Labute approximate surface area is 109 Å². The highest BCUT2D eigenvalue weighted by atomic mass is 32.2. The fourth-order valence-corrected chi connectivity index (χ4v) is 2.86. The molecule has 0 spiro atoms. The minimum absolute atomic E-state index is 0.256. The first-order valence-corrected chi connectivity index (χ1v) is 6.85. The van der Waals surface area contributed by atoms with Gasteiger partial charge in [-0.25, -0.2) is 10.5 Å². The van der Waals surface area contributed by atoms with Crippen LogP contribution in [0.5, 0.6) is 0 Å². The third-order valence-corrected chi connectivity index (χ3v) is 3.78. The minimum atomic E-state index is -0.398. The number of carbonyl (C=O) groups excluding carboxylic acids is 1. The highest BCUT2D eigenvalue weighted by Crippen LogP contribution is 2.31. The van der Waals surface area contributed by atoms with Crippen molar-refractivity contribution in [2.24, 2.45) is 5.84 Å². The van der Waals surface area contributed by atoms with E-state index in [2.05, 4.69) is 20.4 Å². The Morgan fingerprint density at radius 3 is 3.06 bits per heavy atom. The van der Waals surface area contributed by atoms with Gasteiger partial charge in [-0.2, -0.15) is 0 Å². The van der Waals surface area contributed by atoms with Gasteiger partial charge in [-0.15, -0.1) is 5.10 Å². The summed E-state index contributed by atoms with van der Waals surface area (Å²) in [5.74, 6) is 5.03. The monoisotopic (exact) mass is 272 g/mol. The molecule has 0 aliphatic heterocycles. The Bertz CT molecular complexity index is 392. The van der Waals surface area contributed by atoms with Gasteiger partial charge in [0.1, 0.15) is 0 Å². The predicted octanol–water partition coefficient (Wildman–Crippen LogP) is 0.192. The molecule has 3 N–H and O–H groups in total. The lowest BCUT2D eigenvalue weighted by molar-refractivity contribution is -0.150. The van der Waals surface area contributed by atoms with E-state index in [9.17, 15) is 4.79 Å². The summed E-state index contributed by atoms with van der Waals surface area (Å²) in [6.07, 6.45) is 4.95. The topological polar surface area (TPSA) is 108 Å². The minimum Gasteiger partial charge on any atom is -0.356 e. The molecule has 0 atom stereocenters. The number of hydrogen-bond acceptors (Lipinski definition) is 8. The molecular weight excluding hydrogens is 256 g/mol. The van der Waals surface area contributed by atoms with Gasteiger partial charge in [0.05, 0.1) is 12.5 Å². The first-order chi connectivity index (χ1) is 8.81. The zero-order valence-electron chi connectivity index (χ0n) is 9.91. The van der Waals surface area contributed by atoms with E-state index in [1.165, 1.54) is 24.6 Å². The van der Waals surface area contributed by atoms with Gasteiger partial charge < -0.3 is 4.84 Å². The molecule has 0 saturated heterocycles. The molecule has 9 heteroatoms. The molecule has 1 aromatic heterocycles. The maximum absolute atomic E-state index is 11.1. The van der Waals surface area contributed by atoms with E-state index >= 15 is 0 Å². The van der Waals surface area contributed by atoms with Crippen LogP contribution in [0.1, 0.15) is 38.1 Å². The van der Waals surface area contributed by atoms with Crippen molar-refractivity contribution in [1.29, 1.82) is 0 Å². The number of hydrazine groups is 1. The van der Waals surface area contributed by atoms with Gasteiger partial charge in [-0.3, -0.25) is 4.79 Å². The summed E-state index contributed by atoms with van der Waals surface area (Å²) >= 11 is 1.45. The Morgan fingerprint density at radius 1 is 1.56 bits per heavy atom. The van der Waals surface area contributed by atoms with Crippen LogP contribution in [-0.4, -0.2) is 31.9 Å². The molecule has 1 saturated carbocycles. The maximum Gasteiger partial charge on any atom is 0.327 e. The molecular formula is C9H16N6O2S. The molecule has 0 amide bonds. The SMILES string of the molecule is NNOC(=O)CCSc1nnnn1C1CCCC1. The summed E-state index contributed by atoms with van der Waals surface area (Å²) in [5, 5.41) is 12.4. The molecule has 8 nitrogen and oxygen atoms in total. The standard InChI is InChI=1S/C9H16N6O2S/c10-12-17-8(16)5-6-18-9-11-13-14-15(9)7-3-1-2-4-7/h7,12H,1-6,10H2. The van der Waals surface area contributed by atoms with Crippen LogP contribution < -0.4 is 11.4 Å². The van der Waals surface area contributed by atoms with Crippen molar-refractivity contribution in [2.75, 3.05) is 5.75 Å². The molecule has 1 aliphatic rings. The maximum atomic E-state index is 11.1. The largest absolute Gasteiger partial charge is 0.356 e. The molecule has 18 heavy (non-hydrogen) atoms. The summed E-state index contributed by atoms with van der Waals surface area (Å²) in [7, 11) is 0. The molecule has 0 unspecified atom stereocenters. The first-order valence-electron chi connectivity index (χ1n) is 5.87. The summed E-state index contributed by atoms with van der Waals surface area (Å²) in [6.45, 7) is 0. The lowest BCUT2D eigenvalue weighted by Gasteiger charge is -2.10. The Hall–Kier alpha value is -1.19. The molecule has 100 valence electrons. The molecule has 1 heterocycles. The van der Waals surface area contributed by atoms with Gasteiger partial charge in [0.2, 0.25) is 5.16 Å². The van der Waals surface area contributed by atoms with Gasteiger partial charge in [0.15, 0.2) is 0 Å². The zero-order chi connectivity index (χ0) is 12.8. The molecule has 2 rings (SSSR count). The van der Waals surface area contributed by atoms with Crippen molar-refractivity contribution in [1.82, 2.24) is 25.8 Å². The molecule has 0 aromatic carbocycles. The van der Waals surface area contributed by atoms with Crippen molar-refractivity contribution in [3.8, 4) is 0 Å². The van der Waals surface area contributed by atoms with Crippen LogP contribution in [0.4, 0.5) is 0 Å². The summed E-state index contributed by atoms with van der Waals surface area (Å²) in [6, 6.07) is 0.403. The van der Waals surface area contributed by atoms with Crippen LogP contribution in [0.25, 0.3) is 0 Å². The molecule has 1 aromatic rings. The summed E-state index contributed by atoms with van der Waals surface area (Å²) in [5.41, 5.74) is 1.86. The highest BCUT2D eigenvalue weighted by molar-refractivity contribution is 7.99. The number of nitrogens with zero attached hydrogens (tertiary/aromatic N) is 4. The number of nitrogens with two attached hydrogens (primary N) is 1. The second-order valence-electron chi connectivity index (χ2n) is 4.03. The van der Waals surface area contributed by atoms with Crippen LogP contribution in [0, 0.1) is 0 Å². The lowest BCUT2D eigenvalue weighted by atomic mass is 10.3. The van der Waals surface area contributed by atoms with E-state index in [0.717, 1.165) is 18.0 Å². The lowest BCUT2D eigenvalue weighted by Crippen LogP contribution is -2.26. The van der Waals surface area contributed by atoms with Gasteiger partial charge in [0, 0.05) is 5.75 Å². The number of nitrogens with one attached hydrogen (secondary N) is 1. The van der Waals surface area contributed by atoms with E-state index < -0.39 is 5.97 Å². The Balaban J connectivity index is 1.82. The normalized spacial score (nSPS) is 16.1. The number of thioether (sulfide) groups is 1. The molecule has 1 fully saturated rings. The quantitative estimate of drug-likeness (QED) is 0.429. The van der Waals surface area contributed by atoms with Crippen molar-refractivity contribution in [2.45, 2.75) is 43.3 Å². The summed E-state index contributed by atoms with van der Waals surface area (Å²) in [4.78, 5) is 15.5. The smallest absolute Gasteiger partial charge is 0.327 e. The Kier molecular flexibility index (Phi) is 4.90. The van der Waals surface area contributed by atoms with Crippen LogP contribution in [0.15, 0.2) is 5.16 Å². The van der Waals surface area contributed by atoms with Gasteiger partial charge in [-0.1, -0.05) is 30.2 Å². The third kappa shape index (κ3) is 3.40. The number of rotatable bonds is 6. The molecule has 1 aliphatic carbocycles. The van der Waals surface area contributed by atoms with E-state index in [4.69, 9.17) is 5.84 Å². The van der Waals surface area contributed by atoms with E-state index in [1.807, 2.05) is 10.3 Å². The number of tetrazole rings is 1. The number of aromatic nitrogens is 4. The van der Waals surface area contributed by atoms with Crippen molar-refractivity contribution in [3.63, 3.8) is 0 Å². The van der Waals surface area contributed by atoms with Crippen LogP contribution in [0.2, 0.25) is 0 Å². The fraction of sp³-hybridized carbons (Fsp3) is 0.778. The number of carbonyl (C=O) groups is 1. The van der Waals surface area contributed by atoms with E-state index in [1.54, 1.807) is 0 Å². The highest BCUT2D eigenvalue weighted by Gasteiger charge is 2.21. The zero-order valence-corrected chi connectivity index (χ0v) is 10.7. The first kappa shape index (κ1) is 13.2. The molecule has 0 radical (unpaired) electrons. The fourth-order valence-electron chi connectivity index (χ4n) is 2.00.